The van der Waals surface area contributed by atoms with Crippen LogP contribution in [0.2, 0.25) is 0 Å². The van der Waals surface area contributed by atoms with Crippen molar-refractivity contribution >= 4 is 21.6 Å². The molecular formula is C15H19N3O5S. The second-order valence-electron chi connectivity index (χ2n) is 4.78. The highest BCUT2D eigenvalue weighted by molar-refractivity contribution is 7.89. The molecular weight excluding hydrogens is 334 g/mol. The second kappa shape index (κ2) is 7.45. The summed E-state index contributed by atoms with van der Waals surface area (Å²) in [6.07, 6.45) is 1.34. The quantitative estimate of drug-likeness (QED) is 0.816. The molecule has 0 fully saturated rings. The molecule has 0 aliphatic carbocycles. The number of amides is 1. The minimum atomic E-state index is -3.65. The van der Waals surface area contributed by atoms with Gasteiger partial charge in [0.05, 0.1) is 23.9 Å². The van der Waals surface area contributed by atoms with Gasteiger partial charge in [-0.1, -0.05) is 19.0 Å². The maximum Gasteiger partial charge on any atom is 0.294 e. The molecule has 2 rings (SSSR count). The molecule has 1 heterocycles. The van der Waals surface area contributed by atoms with Gasteiger partial charge in [0.1, 0.15) is 5.75 Å². The number of carbonyl (C=O) groups is 1. The number of methoxy groups -OCH3 is 1. The summed E-state index contributed by atoms with van der Waals surface area (Å²) in [4.78, 5) is 12.2. The van der Waals surface area contributed by atoms with Crippen molar-refractivity contribution in [1.82, 2.24) is 9.46 Å². The van der Waals surface area contributed by atoms with Gasteiger partial charge in [0.15, 0.2) is 0 Å². The van der Waals surface area contributed by atoms with E-state index < -0.39 is 15.9 Å². The lowest BCUT2D eigenvalue weighted by atomic mass is 10.3. The summed E-state index contributed by atoms with van der Waals surface area (Å²) in [5, 5.41) is 6.03. The fraction of sp³-hybridized carbons (Fsp3) is 0.333. The van der Waals surface area contributed by atoms with Crippen LogP contribution in [0.25, 0.3) is 0 Å². The van der Waals surface area contributed by atoms with Crippen molar-refractivity contribution in [3.8, 4) is 5.75 Å². The summed E-state index contributed by atoms with van der Waals surface area (Å²) in [6, 6.07) is 5.70. The highest BCUT2D eigenvalue weighted by Crippen LogP contribution is 2.29. The molecule has 24 heavy (non-hydrogen) atoms. The Kier molecular flexibility index (Phi) is 5.58. The zero-order valence-electron chi connectivity index (χ0n) is 13.6. The van der Waals surface area contributed by atoms with Gasteiger partial charge in [0, 0.05) is 19.2 Å². The average molecular weight is 353 g/mol. The molecule has 0 unspecified atom stereocenters. The maximum atomic E-state index is 12.6. The average Bonchev–Trinajstić information content (AvgIpc) is 3.10. The third-order valence-corrected chi connectivity index (χ3v) is 5.47. The van der Waals surface area contributed by atoms with E-state index in [1.807, 2.05) is 0 Å². The van der Waals surface area contributed by atoms with Crippen molar-refractivity contribution in [2.45, 2.75) is 18.7 Å². The Labute approximate surface area is 140 Å². The lowest BCUT2D eigenvalue weighted by Gasteiger charge is -2.19. The number of anilines is 1. The van der Waals surface area contributed by atoms with E-state index in [0.717, 1.165) is 0 Å². The zero-order valence-corrected chi connectivity index (χ0v) is 14.5. The fourth-order valence-corrected chi connectivity index (χ4v) is 3.66. The van der Waals surface area contributed by atoms with E-state index in [4.69, 9.17) is 9.26 Å². The number of ether oxygens (including phenoxy) is 1. The number of carbonyl (C=O) groups excluding carboxylic acids is 1. The van der Waals surface area contributed by atoms with Crippen LogP contribution in [0.1, 0.15) is 24.4 Å². The van der Waals surface area contributed by atoms with E-state index >= 15 is 0 Å². The Morgan fingerprint density at radius 1 is 1.29 bits per heavy atom. The summed E-state index contributed by atoms with van der Waals surface area (Å²) in [6.45, 7) is 4.23. The van der Waals surface area contributed by atoms with Crippen LogP contribution in [0.4, 0.5) is 5.69 Å². The molecule has 8 nitrogen and oxygen atoms in total. The smallest absolute Gasteiger partial charge is 0.294 e. The Morgan fingerprint density at radius 2 is 2.00 bits per heavy atom. The molecule has 9 heteroatoms. The van der Waals surface area contributed by atoms with Gasteiger partial charge in [-0.2, -0.15) is 4.31 Å². The first-order valence-electron chi connectivity index (χ1n) is 7.34. The molecule has 1 N–H and O–H groups in total. The molecule has 0 spiro atoms. The number of rotatable bonds is 7. The monoisotopic (exact) mass is 353 g/mol. The topological polar surface area (TPSA) is 102 Å². The largest absolute Gasteiger partial charge is 0.495 e. The summed E-state index contributed by atoms with van der Waals surface area (Å²) in [5.74, 6) is -0.210. The molecule has 130 valence electrons. The van der Waals surface area contributed by atoms with Crippen LogP contribution in [0.3, 0.4) is 0 Å². The van der Waals surface area contributed by atoms with E-state index in [1.165, 1.54) is 41.9 Å². The van der Waals surface area contributed by atoms with Gasteiger partial charge < -0.3 is 14.6 Å². The Morgan fingerprint density at radius 3 is 2.54 bits per heavy atom. The molecule has 1 aromatic heterocycles. The summed E-state index contributed by atoms with van der Waals surface area (Å²) < 4.78 is 36.5. The Bertz CT molecular complexity index is 799. The highest BCUT2D eigenvalue weighted by Gasteiger charge is 2.23. The van der Waals surface area contributed by atoms with Crippen molar-refractivity contribution < 1.29 is 22.5 Å². The first-order valence-corrected chi connectivity index (χ1v) is 8.78. The summed E-state index contributed by atoms with van der Waals surface area (Å²) in [5.41, 5.74) is 0.229. The number of nitrogens with zero attached hydrogens (tertiary/aromatic N) is 2. The third-order valence-electron chi connectivity index (χ3n) is 3.42. The second-order valence-corrected chi connectivity index (χ2v) is 6.72. The molecule has 0 radical (unpaired) electrons. The lowest BCUT2D eigenvalue weighted by Crippen LogP contribution is -2.30. The molecule has 2 aromatic rings. The van der Waals surface area contributed by atoms with Crippen molar-refractivity contribution in [3.63, 3.8) is 0 Å². The van der Waals surface area contributed by atoms with E-state index in [0.29, 0.717) is 18.8 Å². The Balaban J connectivity index is 2.39. The first kappa shape index (κ1) is 18.0. The van der Waals surface area contributed by atoms with Crippen LogP contribution in [0, 0.1) is 0 Å². The molecule has 0 aliphatic heterocycles. The molecule has 0 aliphatic rings. The van der Waals surface area contributed by atoms with Gasteiger partial charge in [-0.05, 0) is 18.2 Å². The normalized spacial score (nSPS) is 11.5. The van der Waals surface area contributed by atoms with E-state index in [1.54, 1.807) is 13.8 Å². The third kappa shape index (κ3) is 3.57. The minimum absolute atomic E-state index is 0.00839. The van der Waals surface area contributed by atoms with Crippen LogP contribution in [-0.4, -0.2) is 44.0 Å². The SMILES string of the molecule is CCN(CC)S(=O)(=O)c1ccc(OC)c(NC(=O)c2ccno2)c1. The first-order chi connectivity index (χ1) is 11.4. The summed E-state index contributed by atoms with van der Waals surface area (Å²) >= 11 is 0. The number of aromatic nitrogens is 1. The predicted octanol–water partition coefficient (Wildman–Crippen LogP) is 1.97. The van der Waals surface area contributed by atoms with E-state index in [2.05, 4.69) is 10.5 Å². The highest BCUT2D eigenvalue weighted by atomic mass is 32.2. The number of hydrogen-bond acceptors (Lipinski definition) is 6. The minimum Gasteiger partial charge on any atom is -0.495 e. The molecule has 0 atom stereocenters. The van der Waals surface area contributed by atoms with E-state index in [9.17, 15) is 13.2 Å². The van der Waals surface area contributed by atoms with Gasteiger partial charge in [-0.3, -0.25) is 4.79 Å². The standard InChI is InChI=1S/C15H19N3O5S/c1-4-18(5-2)24(20,21)11-6-7-13(22-3)12(10-11)17-15(19)14-8-9-16-23-14/h6-10H,4-5H2,1-3H3,(H,17,19). The van der Waals surface area contributed by atoms with Crippen molar-refractivity contribution in [3.05, 3.63) is 36.2 Å². The molecule has 1 aromatic carbocycles. The maximum absolute atomic E-state index is 12.6. The van der Waals surface area contributed by atoms with Crippen LogP contribution in [0.15, 0.2) is 39.9 Å². The predicted molar refractivity (Wildman–Crippen MR) is 87.6 cm³/mol. The van der Waals surface area contributed by atoms with Gasteiger partial charge in [-0.15, -0.1) is 0 Å². The van der Waals surface area contributed by atoms with Crippen LogP contribution >= 0.6 is 0 Å². The van der Waals surface area contributed by atoms with Crippen molar-refractivity contribution in [2.24, 2.45) is 0 Å². The number of hydrogen-bond donors (Lipinski definition) is 1. The van der Waals surface area contributed by atoms with Crippen molar-refractivity contribution in [2.75, 3.05) is 25.5 Å². The van der Waals surface area contributed by atoms with Gasteiger partial charge in [0.2, 0.25) is 15.8 Å². The number of benzene rings is 1. The van der Waals surface area contributed by atoms with Crippen molar-refractivity contribution in [1.29, 1.82) is 0 Å². The molecule has 0 saturated heterocycles. The lowest BCUT2D eigenvalue weighted by molar-refractivity contribution is 0.0987. The van der Waals surface area contributed by atoms with Gasteiger partial charge in [0.25, 0.3) is 5.91 Å². The van der Waals surface area contributed by atoms with Crippen LogP contribution in [0.5, 0.6) is 5.75 Å². The van der Waals surface area contributed by atoms with E-state index in [-0.39, 0.29) is 16.3 Å². The number of nitrogens with one attached hydrogen (secondary N) is 1. The number of sulfonamides is 1. The summed E-state index contributed by atoms with van der Waals surface area (Å²) in [7, 11) is -2.22. The van der Waals surface area contributed by atoms with Gasteiger partial charge >= 0.3 is 0 Å². The van der Waals surface area contributed by atoms with Crippen LogP contribution < -0.4 is 10.1 Å². The molecule has 1 amide bonds. The zero-order chi connectivity index (χ0) is 17.7. The van der Waals surface area contributed by atoms with Crippen LogP contribution in [-0.2, 0) is 10.0 Å². The fourth-order valence-electron chi connectivity index (χ4n) is 2.17. The van der Waals surface area contributed by atoms with Gasteiger partial charge in [-0.25, -0.2) is 8.42 Å². The Hall–Kier alpha value is -2.39. The molecule has 0 bridgehead atoms. The molecule has 0 saturated carbocycles.